The quantitative estimate of drug-likeness (QED) is 0.900. The van der Waals surface area contributed by atoms with E-state index >= 15 is 0 Å². The number of H-pyrrole nitrogens is 1. The van der Waals surface area contributed by atoms with Gasteiger partial charge in [-0.1, -0.05) is 17.7 Å². The van der Waals surface area contributed by atoms with Gasteiger partial charge in [0.1, 0.15) is 0 Å². The maximum Gasteiger partial charge on any atom is 0.273 e. The second kappa shape index (κ2) is 4.50. The van der Waals surface area contributed by atoms with Gasteiger partial charge in [0.25, 0.3) is 5.56 Å². The first-order valence-corrected chi connectivity index (χ1v) is 4.82. The zero-order valence-electron chi connectivity index (χ0n) is 8.21. The Bertz CT molecular complexity index is 615. The summed E-state index contributed by atoms with van der Waals surface area (Å²) in [5, 5.41) is -0.337. The summed E-state index contributed by atoms with van der Waals surface area (Å²) < 4.78 is 31.1. The van der Waals surface area contributed by atoms with Crippen molar-refractivity contribution >= 4 is 11.6 Å². The van der Waals surface area contributed by atoms with Crippen LogP contribution in [0.4, 0.5) is 8.78 Å². The molecule has 1 aromatic carbocycles. The molecule has 1 aromatic heterocycles. The van der Waals surface area contributed by atoms with Gasteiger partial charge < -0.3 is 9.72 Å². The Morgan fingerprint density at radius 1 is 1.35 bits per heavy atom. The number of benzene rings is 1. The van der Waals surface area contributed by atoms with Crippen LogP contribution in [0.2, 0.25) is 5.02 Å². The van der Waals surface area contributed by atoms with E-state index < -0.39 is 22.9 Å². The lowest BCUT2D eigenvalue weighted by molar-refractivity contribution is 0.404. The highest BCUT2D eigenvalue weighted by molar-refractivity contribution is 6.31. The molecule has 0 saturated carbocycles. The molecule has 0 unspecified atom stereocenters. The first-order valence-electron chi connectivity index (χ1n) is 4.44. The number of rotatable bonds is 2. The van der Waals surface area contributed by atoms with Gasteiger partial charge >= 0.3 is 0 Å². The Labute approximate surface area is 98.8 Å². The van der Waals surface area contributed by atoms with E-state index in [2.05, 4.69) is 9.97 Å². The molecule has 2 aromatic rings. The van der Waals surface area contributed by atoms with Crippen molar-refractivity contribution in [3.8, 4) is 11.6 Å². The maximum absolute atomic E-state index is 13.3. The minimum atomic E-state index is -1.18. The molecule has 0 aliphatic heterocycles. The van der Waals surface area contributed by atoms with Crippen molar-refractivity contribution in [1.29, 1.82) is 0 Å². The molecule has 0 bridgehead atoms. The minimum absolute atomic E-state index is 0.292. The Morgan fingerprint density at radius 3 is 2.88 bits per heavy atom. The van der Waals surface area contributed by atoms with Gasteiger partial charge in [-0.2, -0.15) is 4.39 Å². The van der Waals surface area contributed by atoms with Crippen LogP contribution in [0.15, 0.2) is 29.3 Å². The number of aromatic amines is 1. The number of halogens is 3. The molecular weight excluding hydrogens is 254 g/mol. The Kier molecular flexibility index (Phi) is 3.06. The van der Waals surface area contributed by atoms with E-state index in [4.69, 9.17) is 16.3 Å². The molecule has 0 amide bonds. The fraction of sp³-hybridized carbons (Fsp3) is 0. The summed E-state index contributed by atoms with van der Waals surface area (Å²) in [4.78, 5) is 16.9. The Morgan fingerprint density at radius 2 is 2.12 bits per heavy atom. The van der Waals surface area contributed by atoms with Crippen molar-refractivity contribution in [3.63, 3.8) is 0 Å². The van der Waals surface area contributed by atoms with Gasteiger partial charge in [0.15, 0.2) is 16.6 Å². The molecule has 2 rings (SSSR count). The van der Waals surface area contributed by atoms with E-state index in [-0.39, 0.29) is 10.9 Å². The van der Waals surface area contributed by atoms with Crippen LogP contribution in [0, 0.1) is 11.6 Å². The number of aromatic nitrogens is 2. The lowest BCUT2D eigenvalue weighted by Crippen LogP contribution is -2.08. The number of ether oxygens (including phenoxy) is 1. The smallest absolute Gasteiger partial charge is 0.273 e. The predicted molar refractivity (Wildman–Crippen MR) is 56.3 cm³/mol. The van der Waals surface area contributed by atoms with Gasteiger partial charge in [-0.05, 0) is 12.1 Å². The molecule has 0 fully saturated rings. The molecule has 0 spiro atoms. The van der Waals surface area contributed by atoms with Crippen molar-refractivity contribution in [2.75, 3.05) is 0 Å². The predicted octanol–water partition coefficient (Wildman–Crippen LogP) is 2.49. The van der Waals surface area contributed by atoms with E-state index in [1.165, 1.54) is 12.1 Å². The fourth-order valence-electron chi connectivity index (χ4n) is 1.10. The van der Waals surface area contributed by atoms with Crippen molar-refractivity contribution < 1.29 is 13.5 Å². The van der Waals surface area contributed by atoms with E-state index in [0.29, 0.717) is 0 Å². The average molecular weight is 259 g/mol. The molecule has 88 valence electrons. The van der Waals surface area contributed by atoms with E-state index in [9.17, 15) is 13.6 Å². The zero-order chi connectivity index (χ0) is 12.4. The standard InChI is InChI=1S/C10H5ClF2N2O2/c11-7-9(16)14-4-15-10(7)17-6-3-1-2-5(12)8(6)13/h1-4H,(H,14,15,16). The van der Waals surface area contributed by atoms with Crippen molar-refractivity contribution in [1.82, 2.24) is 9.97 Å². The monoisotopic (exact) mass is 258 g/mol. The summed E-state index contributed by atoms with van der Waals surface area (Å²) in [6.45, 7) is 0. The van der Waals surface area contributed by atoms with Crippen LogP contribution in [0.1, 0.15) is 0 Å². The van der Waals surface area contributed by atoms with Gasteiger partial charge in [0, 0.05) is 0 Å². The molecule has 1 heterocycles. The summed E-state index contributed by atoms with van der Waals surface area (Å²) in [6.07, 6.45) is 1.04. The van der Waals surface area contributed by atoms with Gasteiger partial charge in [-0.25, -0.2) is 9.37 Å². The van der Waals surface area contributed by atoms with Gasteiger partial charge in [-0.3, -0.25) is 4.79 Å². The molecule has 1 N–H and O–H groups in total. The molecule has 0 saturated heterocycles. The van der Waals surface area contributed by atoms with E-state index in [0.717, 1.165) is 12.4 Å². The highest BCUT2D eigenvalue weighted by atomic mass is 35.5. The molecular formula is C10H5ClF2N2O2. The Hall–Kier alpha value is -1.95. The topological polar surface area (TPSA) is 55.0 Å². The summed E-state index contributed by atoms with van der Waals surface area (Å²) in [5.41, 5.74) is -0.631. The average Bonchev–Trinajstić information content (AvgIpc) is 2.31. The van der Waals surface area contributed by atoms with E-state index in [1.807, 2.05) is 0 Å². The second-order valence-corrected chi connectivity index (χ2v) is 3.38. The third-order valence-corrected chi connectivity index (χ3v) is 2.22. The summed E-state index contributed by atoms with van der Waals surface area (Å²) >= 11 is 5.59. The minimum Gasteiger partial charge on any atom is -0.434 e. The van der Waals surface area contributed by atoms with Gasteiger partial charge in [-0.15, -0.1) is 0 Å². The summed E-state index contributed by atoms with van der Waals surface area (Å²) in [5.74, 6) is -2.93. The zero-order valence-corrected chi connectivity index (χ0v) is 8.96. The maximum atomic E-state index is 13.3. The largest absolute Gasteiger partial charge is 0.434 e. The van der Waals surface area contributed by atoms with Crippen LogP contribution in [0.5, 0.6) is 11.6 Å². The first kappa shape index (κ1) is 11.5. The molecule has 0 radical (unpaired) electrons. The number of hydrogen-bond acceptors (Lipinski definition) is 3. The molecule has 0 aliphatic rings. The van der Waals surface area contributed by atoms with Gasteiger partial charge in [0.05, 0.1) is 6.33 Å². The van der Waals surface area contributed by atoms with Gasteiger partial charge in [0.2, 0.25) is 11.7 Å². The SMILES string of the molecule is O=c1[nH]cnc(Oc2cccc(F)c2F)c1Cl. The molecule has 7 heteroatoms. The molecule has 4 nitrogen and oxygen atoms in total. The number of hydrogen-bond donors (Lipinski definition) is 1. The highest BCUT2D eigenvalue weighted by Gasteiger charge is 2.13. The summed E-state index contributed by atoms with van der Waals surface area (Å²) in [6, 6.07) is 3.39. The van der Waals surface area contributed by atoms with Crippen molar-refractivity contribution in [2.24, 2.45) is 0 Å². The van der Waals surface area contributed by atoms with Crippen molar-refractivity contribution in [2.45, 2.75) is 0 Å². The van der Waals surface area contributed by atoms with Crippen LogP contribution < -0.4 is 10.3 Å². The highest BCUT2D eigenvalue weighted by Crippen LogP contribution is 2.27. The third kappa shape index (κ3) is 2.26. The molecule has 0 atom stereocenters. The number of nitrogens with one attached hydrogen (secondary N) is 1. The molecule has 17 heavy (non-hydrogen) atoms. The van der Waals surface area contributed by atoms with Crippen LogP contribution in [0.3, 0.4) is 0 Å². The molecule has 0 aliphatic carbocycles. The summed E-state index contributed by atoms with van der Waals surface area (Å²) in [7, 11) is 0. The normalized spacial score (nSPS) is 10.3. The number of nitrogens with zero attached hydrogens (tertiary/aromatic N) is 1. The van der Waals surface area contributed by atoms with Crippen LogP contribution >= 0.6 is 11.6 Å². The first-order chi connectivity index (χ1) is 8.09. The Balaban J connectivity index is 2.42. The lowest BCUT2D eigenvalue weighted by atomic mass is 10.3. The van der Waals surface area contributed by atoms with Crippen LogP contribution in [-0.2, 0) is 0 Å². The van der Waals surface area contributed by atoms with Crippen LogP contribution in [-0.4, -0.2) is 9.97 Å². The second-order valence-electron chi connectivity index (χ2n) is 3.00. The fourth-order valence-corrected chi connectivity index (χ4v) is 1.25. The van der Waals surface area contributed by atoms with E-state index in [1.54, 1.807) is 0 Å². The van der Waals surface area contributed by atoms with Crippen molar-refractivity contribution in [3.05, 3.63) is 51.5 Å². The van der Waals surface area contributed by atoms with Crippen LogP contribution in [0.25, 0.3) is 0 Å². The third-order valence-electron chi connectivity index (χ3n) is 1.89. The lowest BCUT2D eigenvalue weighted by Gasteiger charge is -2.06.